The Morgan fingerprint density at radius 1 is 1.10 bits per heavy atom. The number of hydrogen-bond acceptors (Lipinski definition) is 5. The normalized spacial score (nSPS) is 14.9. The van der Waals surface area contributed by atoms with E-state index in [0.29, 0.717) is 36.7 Å². The van der Waals surface area contributed by atoms with Crippen LogP contribution >= 0.6 is 0 Å². The maximum atomic E-state index is 11.8. The minimum absolute atomic E-state index is 0.0778. The van der Waals surface area contributed by atoms with Gasteiger partial charge >= 0.3 is 5.97 Å². The zero-order valence-corrected chi connectivity index (χ0v) is 16.6. The van der Waals surface area contributed by atoms with E-state index in [2.05, 4.69) is 4.90 Å². The molecule has 156 valence electrons. The van der Waals surface area contributed by atoms with E-state index in [9.17, 15) is 15.0 Å². The van der Waals surface area contributed by atoms with Gasteiger partial charge in [-0.1, -0.05) is 24.3 Å². The summed E-state index contributed by atoms with van der Waals surface area (Å²) in [5.74, 6) is -0.374. The minimum Gasteiger partial charge on any atom is -0.486 e. The van der Waals surface area contributed by atoms with Crippen LogP contribution in [0, 0.1) is 0 Å². The van der Waals surface area contributed by atoms with Crippen molar-refractivity contribution in [2.75, 3.05) is 24.6 Å². The number of carboxylic acids is 1. The first-order valence-electron chi connectivity index (χ1n) is 9.88. The SMILES string of the molecule is CCOC(O)c1ccccc1OC1CN(c2cccc(C(=O)O)c2-n2cccc2)C1. The Balaban J connectivity index is 1.52. The van der Waals surface area contributed by atoms with E-state index in [-0.39, 0.29) is 11.7 Å². The van der Waals surface area contributed by atoms with Crippen LogP contribution < -0.4 is 9.64 Å². The standard InChI is InChI=1S/C23H24N2O5/c1-2-29-23(28)17-8-3-4-11-20(17)30-16-14-25(15-16)19-10-7-9-18(22(26)27)21(19)24-12-5-6-13-24/h3-13,16,23,28H,2,14-15H2,1H3,(H,26,27). The fourth-order valence-corrected chi connectivity index (χ4v) is 3.64. The lowest BCUT2D eigenvalue weighted by atomic mass is 10.1. The number of rotatable bonds is 8. The van der Waals surface area contributed by atoms with Crippen LogP contribution in [0.3, 0.4) is 0 Å². The van der Waals surface area contributed by atoms with E-state index in [4.69, 9.17) is 9.47 Å². The van der Waals surface area contributed by atoms with Gasteiger partial charge in [-0.2, -0.15) is 0 Å². The summed E-state index contributed by atoms with van der Waals surface area (Å²) in [6.45, 7) is 3.44. The van der Waals surface area contributed by atoms with Crippen LogP contribution in [-0.4, -0.2) is 46.5 Å². The second-order valence-electron chi connectivity index (χ2n) is 7.06. The number of aliphatic hydroxyl groups is 1. The Morgan fingerprint density at radius 3 is 2.53 bits per heavy atom. The molecular weight excluding hydrogens is 384 g/mol. The highest BCUT2D eigenvalue weighted by molar-refractivity contribution is 5.95. The highest BCUT2D eigenvalue weighted by Gasteiger charge is 2.32. The molecule has 0 radical (unpaired) electrons. The van der Waals surface area contributed by atoms with Crippen molar-refractivity contribution in [3.05, 3.63) is 78.1 Å². The number of aliphatic hydroxyl groups excluding tert-OH is 1. The van der Waals surface area contributed by atoms with Crippen molar-refractivity contribution < 1.29 is 24.5 Å². The molecule has 1 aliphatic heterocycles. The average molecular weight is 408 g/mol. The monoisotopic (exact) mass is 408 g/mol. The molecule has 7 heteroatoms. The van der Waals surface area contributed by atoms with Gasteiger partial charge in [0.05, 0.1) is 30.0 Å². The Morgan fingerprint density at radius 2 is 1.83 bits per heavy atom. The smallest absolute Gasteiger partial charge is 0.337 e. The van der Waals surface area contributed by atoms with Gasteiger partial charge in [0, 0.05) is 24.6 Å². The minimum atomic E-state index is -1.03. The molecule has 1 aliphatic rings. The zero-order chi connectivity index (χ0) is 21.1. The fraction of sp³-hybridized carbons (Fsp3) is 0.261. The van der Waals surface area contributed by atoms with Crippen LogP contribution in [-0.2, 0) is 4.74 Å². The third-order valence-corrected chi connectivity index (χ3v) is 5.10. The maximum absolute atomic E-state index is 11.8. The summed E-state index contributed by atoms with van der Waals surface area (Å²) in [5, 5.41) is 19.8. The van der Waals surface area contributed by atoms with Gasteiger partial charge in [0.1, 0.15) is 11.9 Å². The summed E-state index contributed by atoms with van der Waals surface area (Å²) in [6, 6.07) is 16.3. The Labute approximate surface area is 174 Å². The van der Waals surface area contributed by atoms with Gasteiger partial charge < -0.3 is 29.2 Å². The van der Waals surface area contributed by atoms with Crippen molar-refractivity contribution in [2.24, 2.45) is 0 Å². The van der Waals surface area contributed by atoms with E-state index in [1.54, 1.807) is 18.2 Å². The number of ether oxygens (including phenoxy) is 2. The largest absolute Gasteiger partial charge is 0.486 e. The molecule has 2 N–H and O–H groups in total. The molecule has 0 saturated carbocycles. The van der Waals surface area contributed by atoms with Gasteiger partial charge in [-0.3, -0.25) is 0 Å². The topological polar surface area (TPSA) is 84.2 Å². The summed E-state index contributed by atoms with van der Waals surface area (Å²) in [7, 11) is 0. The predicted octanol–water partition coefficient (Wildman–Crippen LogP) is 3.47. The number of hydrogen-bond donors (Lipinski definition) is 2. The number of benzene rings is 2. The summed E-state index contributed by atoms with van der Waals surface area (Å²) in [4.78, 5) is 13.9. The molecule has 1 fully saturated rings. The van der Waals surface area contributed by atoms with Crippen LogP contribution in [0.25, 0.3) is 5.69 Å². The summed E-state index contributed by atoms with van der Waals surface area (Å²) < 4.78 is 13.2. The van der Waals surface area contributed by atoms with E-state index in [0.717, 1.165) is 5.69 Å². The van der Waals surface area contributed by atoms with E-state index < -0.39 is 12.3 Å². The zero-order valence-electron chi connectivity index (χ0n) is 16.6. The molecule has 1 unspecified atom stereocenters. The van der Waals surface area contributed by atoms with E-state index >= 15 is 0 Å². The molecule has 4 rings (SSSR count). The van der Waals surface area contributed by atoms with Crippen molar-refractivity contribution >= 4 is 11.7 Å². The molecule has 7 nitrogen and oxygen atoms in total. The summed E-state index contributed by atoms with van der Waals surface area (Å²) in [5.41, 5.74) is 2.33. The lowest BCUT2D eigenvalue weighted by Gasteiger charge is -2.42. The van der Waals surface area contributed by atoms with Crippen molar-refractivity contribution in [3.8, 4) is 11.4 Å². The molecular formula is C23H24N2O5. The van der Waals surface area contributed by atoms with Gasteiger partial charge in [-0.05, 0) is 37.3 Å². The van der Waals surface area contributed by atoms with Crippen LogP contribution in [0.4, 0.5) is 5.69 Å². The first-order chi connectivity index (χ1) is 14.6. The third-order valence-electron chi connectivity index (χ3n) is 5.10. The lowest BCUT2D eigenvalue weighted by molar-refractivity contribution is -0.0995. The second kappa shape index (κ2) is 8.61. The van der Waals surface area contributed by atoms with Crippen molar-refractivity contribution in [1.29, 1.82) is 0 Å². The van der Waals surface area contributed by atoms with Crippen LogP contribution in [0.1, 0.15) is 29.1 Å². The molecule has 1 aromatic heterocycles. The van der Waals surface area contributed by atoms with Gasteiger partial charge in [0.2, 0.25) is 0 Å². The van der Waals surface area contributed by atoms with Crippen molar-refractivity contribution in [2.45, 2.75) is 19.3 Å². The maximum Gasteiger partial charge on any atom is 0.337 e. The molecule has 0 spiro atoms. The number of nitrogens with zero attached hydrogens (tertiary/aromatic N) is 2. The lowest BCUT2D eigenvalue weighted by Crippen LogP contribution is -2.54. The number of aromatic nitrogens is 1. The summed E-state index contributed by atoms with van der Waals surface area (Å²) in [6.07, 6.45) is 2.57. The van der Waals surface area contributed by atoms with Gasteiger partial charge in [0.15, 0.2) is 6.29 Å². The molecule has 30 heavy (non-hydrogen) atoms. The van der Waals surface area contributed by atoms with Crippen molar-refractivity contribution in [3.63, 3.8) is 0 Å². The molecule has 1 saturated heterocycles. The fourth-order valence-electron chi connectivity index (χ4n) is 3.64. The molecule has 0 aliphatic carbocycles. The Hall–Kier alpha value is -3.29. The first-order valence-corrected chi connectivity index (χ1v) is 9.88. The average Bonchev–Trinajstić information content (AvgIpc) is 3.24. The number of carboxylic acid groups (broad SMARTS) is 1. The van der Waals surface area contributed by atoms with Crippen LogP contribution in [0.5, 0.6) is 5.75 Å². The third kappa shape index (κ3) is 3.90. The first kappa shape index (κ1) is 20.0. The van der Waals surface area contributed by atoms with Crippen molar-refractivity contribution in [1.82, 2.24) is 4.57 Å². The highest BCUT2D eigenvalue weighted by Crippen LogP contribution is 2.34. The second-order valence-corrected chi connectivity index (χ2v) is 7.06. The van der Waals surface area contributed by atoms with Gasteiger partial charge in [0.25, 0.3) is 0 Å². The molecule has 1 atom stereocenters. The Kier molecular flexibility index (Phi) is 5.74. The Bertz CT molecular complexity index is 1010. The number of carbonyl (C=O) groups is 1. The van der Waals surface area contributed by atoms with Crippen LogP contribution in [0.15, 0.2) is 67.0 Å². The highest BCUT2D eigenvalue weighted by atomic mass is 16.6. The predicted molar refractivity (Wildman–Crippen MR) is 112 cm³/mol. The number of anilines is 1. The van der Waals surface area contributed by atoms with Crippen LogP contribution in [0.2, 0.25) is 0 Å². The molecule has 3 aromatic rings. The molecule has 0 amide bonds. The summed E-state index contributed by atoms with van der Waals surface area (Å²) >= 11 is 0. The van der Waals surface area contributed by atoms with Gasteiger partial charge in [-0.15, -0.1) is 0 Å². The molecule has 2 heterocycles. The molecule has 2 aromatic carbocycles. The number of para-hydroxylation sites is 2. The van der Waals surface area contributed by atoms with E-state index in [1.165, 1.54) is 0 Å². The van der Waals surface area contributed by atoms with E-state index in [1.807, 2.05) is 60.3 Å². The van der Waals surface area contributed by atoms with Gasteiger partial charge in [-0.25, -0.2) is 4.79 Å². The number of aromatic carboxylic acids is 1. The quantitative estimate of drug-likeness (QED) is 0.556. The molecule has 0 bridgehead atoms.